The van der Waals surface area contributed by atoms with Gasteiger partial charge in [-0.3, -0.25) is 0 Å². The van der Waals surface area contributed by atoms with Gasteiger partial charge in [0.25, 0.3) is 0 Å². The Labute approximate surface area is 116 Å². The number of methoxy groups -OCH3 is 1. The fourth-order valence-corrected chi connectivity index (χ4v) is 2.01. The van der Waals surface area contributed by atoms with Crippen LogP contribution in [0.4, 0.5) is 0 Å². The predicted molar refractivity (Wildman–Crippen MR) is 75.2 cm³/mol. The number of fused-ring (bicyclic) bond motifs is 1. The van der Waals surface area contributed by atoms with Crippen LogP contribution in [-0.2, 0) is 6.61 Å². The van der Waals surface area contributed by atoms with Crippen molar-refractivity contribution in [2.45, 2.75) is 6.61 Å². The van der Waals surface area contributed by atoms with E-state index in [1.807, 2.05) is 24.3 Å². The van der Waals surface area contributed by atoms with Gasteiger partial charge in [-0.05, 0) is 30.3 Å². The summed E-state index contributed by atoms with van der Waals surface area (Å²) in [5, 5.41) is 10.4. The van der Waals surface area contributed by atoms with Crippen molar-refractivity contribution in [3.63, 3.8) is 0 Å². The molecule has 3 aromatic rings. The second kappa shape index (κ2) is 5.17. The number of furan rings is 1. The van der Waals surface area contributed by atoms with Gasteiger partial charge in [-0.15, -0.1) is 0 Å². The molecule has 4 heteroatoms. The lowest BCUT2D eigenvalue weighted by molar-refractivity contribution is 0.273. The molecule has 0 bridgehead atoms. The van der Waals surface area contributed by atoms with Crippen molar-refractivity contribution in [1.82, 2.24) is 0 Å². The third-order valence-corrected chi connectivity index (χ3v) is 3.01. The maximum atomic E-state index is 9.72. The summed E-state index contributed by atoms with van der Waals surface area (Å²) in [6.07, 6.45) is 0. The minimum atomic E-state index is 0.207. The zero-order valence-corrected chi connectivity index (χ0v) is 11.0. The van der Waals surface area contributed by atoms with Gasteiger partial charge in [0.05, 0.1) is 12.5 Å². The van der Waals surface area contributed by atoms with Crippen molar-refractivity contribution in [1.29, 1.82) is 0 Å². The first-order valence-corrected chi connectivity index (χ1v) is 6.23. The third-order valence-electron chi connectivity index (χ3n) is 3.01. The summed E-state index contributed by atoms with van der Waals surface area (Å²) in [5.41, 5.74) is 0.647. The molecule has 0 saturated carbocycles. The van der Waals surface area contributed by atoms with E-state index in [9.17, 15) is 5.11 Å². The smallest absolute Gasteiger partial charge is 0.146 e. The molecule has 2 aromatic carbocycles. The van der Waals surface area contributed by atoms with Gasteiger partial charge in [-0.1, -0.05) is 12.1 Å². The van der Waals surface area contributed by atoms with E-state index in [0.29, 0.717) is 29.1 Å². The maximum Gasteiger partial charge on any atom is 0.146 e. The number of benzene rings is 2. The first kappa shape index (κ1) is 12.4. The lowest BCUT2D eigenvalue weighted by Gasteiger charge is -2.05. The van der Waals surface area contributed by atoms with Crippen LogP contribution in [0, 0.1) is 0 Å². The van der Waals surface area contributed by atoms with Crippen LogP contribution < -0.4 is 9.47 Å². The van der Waals surface area contributed by atoms with Gasteiger partial charge in [-0.2, -0.15) is 0 Å². The van der Waals surface area contributed by atoms with Crippen molar-refractivity contribution >= 4 is 11.0 Å². The van der Waals surface area contributed by atoms with Crippen LogP contribution >= 0.6 is 0 Å². The Hall–Kier alpha value is -2.62. The van der Waals surface area contributed by atoms with Crippen LogP contribution in [-0.4, -0.2) is 12.2 Å². The molecule has 0 aliphatic carbocycles. The van der Waals surface area contributed by atoms with Crippen molar-refractivity contribution in [2.24, 2.45) is 0 Å². The van der Waals surface area contributed by atoms with Gasteiger partial charge in [0, 0.05) is 6.07 Å². The largest absolute Gasteiger partial charge is 0.507 e. The van der Waals surface area contributed by atoms with Crippen LogP contribution in [0.5, 0.6) is 17.2 Å². The van der Waals surface area contributed by atoms with Gasteiger partial charge < -0.3 is 19.0 Å². The van der Waals surface area contributed by atoms with Crippen molar-refractivity contribution in [2.75, 3.05) is 7.11 Å². The third kappa shape index (κ3) is 2.40. The summed E-state index contributed by atoms with van der Waals surface area (Å²) in [7, 11) is 1.61. The van der Waals surface area contributed by atoms with Gasteiger partial charge >= 0.3 is 0 Å². The molecular formula is C16H14O4. The average molecular weight is 270 g/mol. The molecule has 1 heterocycles. The molecule has 1 aromatic heterocycles. The maximum absolute atomic E-state index is 9.72. The Morgan fingerprint density at radius 1 is 1.05 bits per heavy atom. The van der Waals surface area contributed by atoms with Crippen LogP contribution in [0.1, 0.15) is 5.76 Å². The highest BCUT2D eigenvalue weighted by Gasteiger charge is 2.07. The molecule has 3 rings (SSSR count). The first-order valence-electron chi connectivity index (χ1n) is 6.23. The monoisotopic (exact) mass is 270 g/mol. The van der Waals surface area contributed by atoms with Gasteiger partial charge in [0.1, 0.15) is 35.2 Å². The standard InChI is InChI=1S/C16H14O4/c1-18-11-4-2-5-12(8-11)19-10-13-9-14-15(17)6-3-7-16(14)20-13/h2-9,17H,10H2,1H3. The van der Waals surface area contributed by atoms with E-state index >= 15 is 0 Å². The minimum absolute atomic E-state index is 0.207. The summed E-state index contributed by atoms with van der Waals surface area (Å²) >= 11 is 0. The van der Waals surface area contributed by atoms with Crippen LogP contribution in [0.15, 0.2) is 52.9 Å². The van der Waals surface area contributed by atoms with Gasteiger partial charge in [-0.25, -0.2) is 0 Å². The molecule has 0 saturated heterocycles. The zero-order valence-electron chi connectivity index (χ0n) is 11.0. The number of ether oxygens (including phenoxy) is 2. The predicted octanol–water partition coefficient (Wildman–Crippen LogP) is 3.73. The summed E-state index contributed by atoms with van der Waals surface area (Å²) in [4.78, 5) is 0. The number of rotatable bonds is 4. The average Bonchev–Trinajstić information content (AvgIpc) is 2.90. The van der Waals surface area contributed by atoms with Crippen molar-refractivity contribution in [3.8, 4) is 17.2 Å². The number of hydrogen-bond acceptors (Lipinski definition) is 4. The van der Waals surface area contributed by atoms with Crippen molar-refractivity contribution in [3.05, 3.63) is 54.3 Å². The number of phenols is 1. The SMILES string of the molecule is COc1cccc(OCc2cc3c(O)cccc3o2)c1. The molecule has 0 atom stereocenters. The second-order valence-corrected chi connectivity index (χ2v) is 4.37. The quantitative estimate of drug-likeness (QED) is 0.785. The lowest BCUT2D eigenvalue weighted by atomic mass is 10.2. The van der Waals surface area contributed by atoms with Crippen molar-refractivity contribution < 1.29 is 19.0 Å². The fourth-order valence-electron chi connectivity index (χ4n) is 2.01. The van der Waals surface area contributed by atoms with E-state index in [0.717, 1.165) is 5.75 Å². The molecule has 4 nitrogen and oxygen atoms in total. The Bertz CT molecular complexity index is 730. The van der Waals surface area contributed by atoms with E-state index in [1.165, 1.54) is 0 Å². The van der Waals surface area contributed by atoms with Crippen LogP contribution in [0.25, 0.3) is 11.0 Å². The Balaban J connectivity index is 1.78. The Kier molecular flexibility index (Phi) is 3.21. The second-order valence-electron chi connectivity index (χ2n) is 4.37. The summed E-state index contributed by atoms with van der Waals surface area (Å²) in [6.45, 7) is 0.293. The molecule has 1 N–H and O–H groups in total. The van der Waals surface area contributed by atoms with Gasteiger partial charge in [0.15, 0.2) is 0 Å². The molecular weight excluding hydrogens is 256 g/mol. The Morgan fingerprint density at radius 2 is 1.85 bits per heavy atom. The number of hydrogen-bond donors (Lipinski definition) is 1. The lowest BCUT2D eigenvalue weighted by Crippen LogP contribution is -1.93. The number of aromatic hydroxyl groups is 1. The summed E-state index contributed by atoms with van der Waals surface area (Å²) < 4.78 is 16.4. The Morgan fingerprint density at radius 3 is 2.65 bits per heavy atom. The van der Waals surface area contributed by atoms with E-state index in [2.05, 4.69) is 0 Å². The fraction of sp³-hybridized carbons (Fsp3) is 0.125. The van der Waals surface area contributed by atoms with Gasteiger partial charge in [0.2, 0.25) is 0 Å². The molecule has 0 aliphatic rings. The molecule has 0 amide bonds. The zero-order chi connectivity index (χ0) is 13.9. The molecule has 0 fully saturated rings. The molecule has 0 aliphatic heterocycles. The normalized spacial score (nSPS) is 10.7. The first-order chi connectivity index (χ1) is 9.76. The summed E-state index contributed by atoms with van der Waals surface area (Å²) in [6, 6.07) is 14.3. The van der Waals surface area contributed by atoms with E-state index in [-0.39, 0.29) is 5.75 Å². The topological polar surface area (TPSA) is 51.8 Å². The minimum Gasteiger partial charge on any atom is -0.507 e. The molecule has 0 unspecified atom stereocenters. The molecule has 0 spiro atoms. The highest BCUT2D eigenvalue weighted by molar-refractivity contribution is 5.84. The molecule has 102 valence electrons. The van der Waals surface area contributed by atoms with E-state index in [1.54, 1.807) is 31.4 Å². The van der Waals surface area contributed by atoms with E-state index in [4.69, 9.17) is 13.9 Å². The highest BCUT2D eigenvalue weighted by Crippen LogP contribution is 2.28. The number of phenolic OH excluding ortho intramolecular Hbond substituents is 1. The molecule has 20 heavy (non-hydrogen) atoms. The van der Waals surface area contributed by atoms with Crippen LogP contribution in [0.3, 0.4) is 0 Å². The molecule has 0 radical (unpaired) electrons. The summed E-state index contributed by atoms with van der Waals surface area (Å²) in [5.74, 6) is 2.31. The van der Waals surface area contributed by atoms with Crippen LogP contribution in [0.2, 0.25) is 0 Å². The highest BCUT2D eigenvalue weighted by atomic mass is 16.5. The van der Waals surface area contributed by atoms with E-state index < -0.39 is 0 Å².